The minimum Gasteiger partial charge on any atom is -0.409 e. The number of hydrogen-bond donors (Lipinski definition) is 2. The predicted octanol–water partition coefficient (Wildman–Crippen LogP) is 3.45. The summed E-state index contributed by atoms with van der Waals surface area (Å²) in [6.07, 6.45) is 4.96. The second-order valence-corrected chi connectivity index (χ2v) is 5.80. The van der Waals surface area contributed by atoms with Gasteiger partial charge < -0.3 is 15.8 Å². The molecular weight excluding hydrogens is 274 g/mol. The number of nitrogens with two attached hydrogens (primary N) is 1. The molecule has 0 saturated carbocycles. The number of benzene rings is 1. The molecule has 4 nitrogen and oxygen atoms in total. The van der Waals surface area contributed by atoms with Crippen molar-refractivity contribution in [2.75, 3.05) is 18.0 Å². The Morgan fingerprint density at radius 1 is 1.45 bits per heavy atom. The van der Waals surface area contributed by atoms with Crippen LogP contribution in [0.25, 0.3) is 0 Å². The van der Waals surface area contributed by atoms with Gasteiger partial charge in [-0.05, 0) is 37.0 Å². The number of oxime groups is 1. The summed E-state index contributed by atoms with van der Waals surface area (Å²) in [5, 5.41) is 12.6. The second-order valence-electron chi connectivity index (χ2n) is 5.37. The number of piperidine rings is 1. The Bertz CT molecular complexity index is 482. The maximum Gasteiger partial charge on any atom is 0.172 e. The molecule has 2 rings (SSSR count). The molecule has 0 unspecified atom stereocenters. The van der Waals surface area contributed by atoms with Gasteiger partial charge in [-0.2, -0.15) is 0 Å². The summed E-state index contributed by atoms with van der Waals surface area (Å²) in [4.78, 5) is 2.30. The first kappa shape index (κ1) is 15.0. The van der Waals surface area contributed by atoms with Gasteiger partial charge in [0, 0.05) is 29.4 Å². The Morgan fingerprint density at radius 3 is 2.75 bits per heavy atom. The molecule has 1 aromatic rings. The Labute approximate surface area is 125 Å². The van der Waals surface area contributed by atoms with Crippen molar-refractivity contribution in [3.05, 3.63) is 28.8 Å². The van der Waals surface area contributed by atoms with Gasteiger partial charge in [-0.25, -0.2) is 0 Å². The molecule has 0 atom stereocenters. The summed E-state index contributed by atoms with van der Waals surface area (Å²) in [6.45, 7) is 4.26. The van der Waals surface area contributed by atoms with Crippen LogP contribution in [-0.4, -0.2) is 24.1 Å². The highest BCUT2D eigenvalue weighted by Gasteiger charge is 2.21. The van der Waals surface area contributed by atoms with Crippen LogP contribution in [0.1, 0.15) is 38.2 Å². The number of amidine groups is 1. The van der Waals surface area contributed by atoms with E-state index in [9.17, 15) is 0 Å². The zero-order valence-electron chi connectivity index (χ0n) is 11.8. The van der Waals surface area contributed by atoms with Gasteiger partial charge in [0.05, 0.1) is 0 Å². The average molecular weight is 296 g/mol. The van der Waals surface area contributed by atoms with E-state index < -0.39 is 0 Å². The van der Waals surface area contributed by atoms with Gasteiger partial charge in [0.1, 0.15) is 0 Å². The van der Waals surface area contributed by atoms with Crippen LogP contribution in [0.5, 0.6) is 0 Å². The number of rotatable bonds is 4. The average Bonchev–Trinajstić information content (AvgIpc) is 2.47. The van der Waals surface area contributed by atoms with Gasteiger partial charge in [-0.1, -0.05) is 36.5 Å². The number of halogens is 1. The monoisotopic (exact) mass is 295 g/mol. The molecule has 0 aliphatic carbocycles. The van der Waals surface area contributed by atoms with Gasteiger partial charge in [0.2, 0.25) is 0 Å². The lowest BCUT2D eigenvalue weighted by molar-refractivity contribution is 0.318. The molecular formula is C15H22ClN3O. The third kappa shape index (κ3) is 3.37. The molecule has 0 spiro atoms. The van der Waals surface area contributed by atoms with E-state index >= 15 is 0 Å². The molecule has 1 aliphatic heterocycles. The Balaban J connectivity index is 2.17. The summed E-state index contributed by atoms with van der Waals surface area (Å²) in [5.41, 5.74) is 7.46. The third-order valence-corrected chi connectivity index (χ3v) is 4.23. The van der Waals surface area contributed by atoms with Crippen molar-refractivity contribution in [3.8, 4) is 0 Å². The summed E-state index contributed by atoms with van der Waals surface area (Å²) >= 11 is 6.01. The molecule has 0 radical (unpaired) electrons. The van der Waals surface area contributed by atoms with Gasteiger partial charge >= 0.3 is 0 Å². The highest BCUT2D eigenvalue weighted by atomic mass is 35.5. The lowest BCUT2D eigenvalue weighted by Crippen LogP contribution is -2.35. The topological polar surface area (TPSA) is 61.8 Å². The molecule has 5 heteroatoms. The first-order valence-electron chi connectivity index (χ1n) is 7.18. The van der Waals surface area contributed by atoms with Crippen LogP contribution in [0.15, 0.2) is 23.4 Å². The van der Waals surface area contributed by atoms with E-state index in [1.165, 1.54) is 25.7 Å². The highest BCUT2D eigenvalue weighted by Crippen LogP contribution is 2.29. The van der Waals surface area contributed by atoms with E-state index in [4.69, 9.17) is 22.5 Å². The minimum absolute atomic E-state index is 0.109. The van der Waals surface area contributed by atoms with E-state index in [0.717, 1.165) is 24.7 Å². The first-order chi connectivity index (χ1) is 9.65. The minimum atomic E-state index is 0.109. The molecule has 20 heavy (non-hydrogen) atoms. The summed E-state index contributed by atoms with van der Waals surface area (Å²) in [7, 11) is 0. The smallest absolute Gasteiger partial charge is 0.172 e. The molecule has 1 fully saturated rings. The molecule has 110 valence electrons. The Kier molecular flexibility index (Phi) is 5.12. The molecule has 1 aliphatic rings. The fourth-order valence-corrected chi connectivity index (χ4v) is 3.09. The lowest BCUT2D eigenvalue weighted by atomic mass is 9.92. The quantitative estimate of drug-likeness (QED) is 0.387. The fourth-order valence-electron chi connectivity index (χ4n) is 2.91. The zero-order valence-corrected chi connectivity index (χ0v) is 12.6. The van der Waals surface area contributed by atoms with Crippen LogP contribution in [0.3, 0.4) is 0 Å². The molecule has 0 aromatic heterocycles. The van der Waals surface area contributed by atoms with E-state index in [-0.39, 0.29) is 5.84 Å². The van der Waals surface area contributed by atoms with Gasteiger partial charge in [-0.3, -0.25) is 0 Å². The van der Waals surface area contributed by atoms with Crippen molar-refractivity contribution in [2.45, 2.75) is 32.6 Å². The van der Waals surface area contributed by atoms with Crippen LogP contribution in [0.2, 0.25) is 5.02 Å². The number of anilines is 1. The molecule has 1 heterocycles. The van der Waals surface area contributed by atoms with Crippen LogP contribution in [0.4, 0.5) is 5.69 Å². The predicted molar refractivity (Wildman–Crippen MR) is 83.8 cm³/mol. The molecule has 0 bridgehead atoms. The largest absolute Gasteiger partial charge is 0.409 e. The van der Waals surface area contributed by atoms with Crippen LogP contribution in [-0.2, 0) is 0 Å². The van der Waals surface area contributed by atoms with E-state index in [1.54, 1.807) is 6.07 Å². The second kappa shape index (κ2) is 6.84. The summed E-state index contributed by atoms with van der Waals surface area (Å²) in [5.74, 6) is 0.939. The normalized spacial score (nSPS) is 17.5. The van der Waals surface area contributed by atoms with Gasteiger partial charge in [0.15, 0.2) is 5.84 Å². The van der Waals surface area contributed by atoms with Crippen LogP contribution < -0.4 is 10.6 Å². The van der Waals surface area contributed by atoms with Crippen molar-refractivity contribution in [3.63, 3.8) is 0 Å². The standard InChI is InChI=1S/C15H22ClN3O/c1-2-3-11-6-8-19(9-7-11)14-5-4-12(16)10-13(14)15(17)18-20/h4-5,10-11,20H,2-3,6-9H2,1H3,(H2,17,18). The molecule has 3 N–H and O–H groups in total. The van der Waals surface area contributed by atoms with Crippen molar-refractivity contribution in [2.24, 2.45) is 16.8 Å². The zero-order chi connectivity index (χ0) is 14.5. The highest BCUT2D eigenvalue weighted by molar-refractivity contribution is 6.31. The van der Waals surface area contributed by atoms with E-state index in [1.807, 2.05) is 12.1 Å². The Hall–Kier alpha value is -1.42. The molecule has 1 saturated heterocycles. The lowest BCUT2D eigenvalue weighted by Gasteiger charge is -2.34. The summed E-state index contributed by atoms with van der Waals surface area (Å²) < 4.78 is 0. The van der Waals surface area contributed by atoms with E-state index in [0.29, 0.717) is 10.6 Å². The number of hydrogen-bond acceptors (Lipinski definition) is 3. The third-order valence-electron chi connectivity index (χ3n) is 3.99. The molecule has 1 aromatic carbocycles. The number of nitrogens with zero attached hydrogens (tertiary/aromatic N) is 2. The van der Waals surface area contributed by atoms with E-state index in [2.05, 4.69) is 17.0 Å². The fraction of sp³-hybridized carbons (Fsp3) is 0.533. The Morgan fingerprint density at radius 2 is 2.15 bits per heavy atom. The molecule has 0 amide bonds. The van der Waals surface area contributed by atoms with Crippen molar-refractivity contribution < 1.29 is 5.21 Å². The maximum absolute atomic E-state index is 8.92. The van der Waals surface area contributed by atoms with Crippen molar-refractivity contribution >= 4 is 23.1 Å². The van der Waals surface area contributed by atoms with Gasteiger partial charge in [0.25, 0.3) is 0 Å². The summed E-state index contributed by atoms with van der Waals surface area (Å²) in [6, 6.07) is 5.56. The SMILES string of the molecule is CCCC1CCN(c2ccc(Cl)cc2C(N)=NO)CC1. The first-order valence-corrected chi connectivity index (χ1v) is 7.56. The van der Waals surface area contributed by atoms with Crippen molar-refractivity contribution in [1.82, 2.24) is 0 Å². The van der Waals surface area contributed by atoms with Gasteiger partial charge in [-0.15, -0.1) is 0 Å². The van der Waals surface area contributed by atoms with Crippen LogP contribution >= 0.6 is 11.6 Å². The van der Waals surface area contributed by atoms with Crippen LogP contribution in [0, 0.1) is 5.92 Å². The maximum atomic E-state index is 8.92. The van der Waals surface area contributed by atoms with Crippen molar-refractivity contribution in [1.29, 1.82) is 0 Å².